The van der Waals surface area contributed by atoms with Crippen LogP contribution in [0.1, 0.15) is 46.1 Å². The predicted octanol–water partition coefficient (Wildman–Crippen LogP) is 1.52. The fourth-order valence-electron chi connectivity index (χ4n) is 3.48. The van der Waals surface area contributed by atoms with E-state index in [1.165, 1.54) is 0 Å². The van der Waals surface area contributed by atoms with Gasteiger partial charge in [-0.05, 0) is 37.2 Å². The Morgan fingerprint density at radius 3 is 2.39 bits per heavy atom. The first kappa shape index (κ1) is 28.5. The minimum atomic E-state index is -0.824. The lowest BCUT2D eigenvalue weighted by atomic mass is 9.84. The number of hydroxylamine groups is 2. The molecule has 0 bridgehead atoms. The highest BCUT2D eigenvalue weighted by Gasteiger charge is 2.36. The molecule has 4 N–H and O–H groups in total. The van der Waals surface area contributed by atoms with Crippen molar-refractivity contribution in [1.82, 2.24) is 15.7 Å². The Labute approximate surface area is 196 Å². The van der Waals surface area contributed by atoms with Gasteiger partial charge in [-0.2, -0.15) is 0 Å². The fourth-order valence-corrected chi connectivity index (χ4v) is 3.48. The molecule has 0 heterocycles. The maximum Gasteiger partial charge on any atom is 0.243 e. The highest BCUT2D eigenvalue weighted by atomic mass is 16.5. The number of rotatable bonds is 15. The number of amides is 3. The van der Waals surface area contributed by atoms with Gasteiger partial charge in [0.15, 0.2) is 0 Å². The third-order valence-electron chi connectivity index (χ3n) is 5.46. The Morgan fingerprint density at radius 2 is 1.82 bits per heavy atom. The highest BCUT2D eigenvalue weighted by molar-refractivity contribution is 5.89. The van der Waals surface area contributed by atoms with Gasteiger partial charge in [-0.25, -0.2) is 5.06 Å². The lowest BCUT2D eigenvalue weighted by Gasteiger charge is -2.33. The third-order valence-corrected chi connectivity index (χ3v) is 5.46. The molecule has 0 fully saturated rings. The van der Waals surface area contributed by atoms with Crippen LogP contribution in [0.25, 0.3) is 0 Å². The molecule has 0 saturated heterocycles. The van der Waals surface area contributed by atoms with Gasteiger partial charge in [-0.3, -0.25) is 19.6 Å². The highest BCUT2D eigenvalue weighted by Crippen LogP contribution is 2.23. The summed E-state index contributed by atoms with van der Waals surface area (Å²) in [4.78, 5) is 37.1. The molecular formula is C24H39N3O6. The number of carbonyl (C=O) groups is 3. The summed E-state index contributed by atoms with van der Waals surface area (Å²) in [5, 5.41) is 24.7. The van der Waals surface area contributed by atoms with E-state index in [4.69, 9.17) is 9.84 Å². The van der Waals surface area contributed by atoms with E-state index in [-0.39, 0.29) is 38.7 Å². The first-order valence-electron chi connectivity index (χ1n) is 11.3. The molecule has 1 aromatic carbocycles. The number of aryl methyl sites for hydroxylation is 1. The number of aliphatic hydroxyl groups is 1. The Kier molecular flexibility index (Phi) is 12.6. The first-order valence-corrected chi connectivity index (χ1v) is 11.3. The lowest BCUT2D eigenvalue weighted by molar-refractivity contribution is -0.166. The molecule has 0 aliphatic carbocycles. The minimum absolute atomic E-state index is 0.0961. The number of aliphatic hydroxyl groups excluding tert-OH is 1. The predicted molar refractivity (Wildman–Crippen MR) is 124 cm³/mol. The number of nitrogens with one attached hydrogen (secondary N) is 2. The molecule has 1 aromatic rings. The van der Waals surface area contributed by atoms with Gasteiger partial charge in [0.1, 0.15) is 6.04 Å². The fraction of sp³-hybridized carbons (Fsp3) is 0.625. The number of benzene rings is 1. The molecule has 0 aliphatic heterocycles. The number of ether oxygens (including phenoxy) is 1. The van der Waals surface area contributed by atoms with Crippen molar-refractivity contribution in [2.75, 3.05) is 26.4 Å². The van der Waals surface area contributed by atoms with Crippen LogP contribution in [-0.4, -0.2) is 72.1 Å². The van der Waals surface area contributed by atoms with Crippen molar-refractivity contribution >= 4 is 18.2 Å². The summed E-state index contributed by atoms with van der Waals surface area (Å²) in [7, 11) is 0. The van der Waals surface area contributed by atoms with Crippen molar-refractivity contribution in [2.45, 2.75) is 59.0 Å². The van der Waals surface area contributed by atoms with E-state index < -0.39 is 29.3 Å². The average Bonchev–Trinajstić information content (AvgIpc) is 2.78. The van der Waals surface area contributed by atoms with E-state index in [1.807, 2.05) is 51.1 Å². The van der Waals surface area contributed by atoms with Crippen molar-refractivity contribution in [1.29, 1.82) is 0 Å². The zero-order chi connectivity index (χ0) is 24.9. The monoisotopic (exact) mass is 465 g/mol. The van der Waals surface area contributed by atoms with Crippen molar-refractivity contribution in [3.63, 3.8) is 0 Å². The van der Waals surface area contributed by atoms with E-state index in [2.05, 4.69) is 10.6 Å². The van der Waals surface area contributed by atoms with E-state index >= 15 is 0 Å². The number of hydrogen-bond donors (Lipinski definition) is 4. The van der Waals surface area contributed by atoms with E-state index in [0.29, 0.717) is 17.9 Å². The molecule has 0 aliphatic rings. The Bertz CT molecular complexity index is 723. The maximum absolute atomic E-state index is 13.2. The minimum Gasteiger partial charge on any atom is -0.394 e. The van der Waals surface area contributed by atoms with Crippen molar-refractivity contribution in [2.24, 2.45) is 11.3 Å². The molecule has 3 atom stereocenters. The quantitative estimate of drug-likeness (QED) is 0.135. The van der Waals surface area contributed by atoms with E-state index in [0.717, 1.165) is 12.0 Å². The molecule has 3 amide bonds. The zero-order valence-electron chi connectivity index (χ0n) is 20.1. The Morgan fingerprint density at radius 1 is 1.15 bits per heavy atom. The Hall–Kier alpha value is -2.49. The molecule has 1 rings (SSSR count). The van der Waals surface area contributed by atoms with Crippen molar-refractivity contribution in [3.8, 4) is 0 Å². The van der Waals surface area contributed by atoms with Crippen LogP contribution in [0.4, 0.5) is 0 Å². The summed E-state index contributed by atoms with van der Waals surface area (Å²) >= 11 is 0. The van der Waals surface area contributed by atoms with Gasteiger partial charge in [0.2, 0.25) is 18.2 Å². The molecule has 0 spiro atoms. The smallest absolute Gasteiger partial charge is 0.243 e. The van der Waals surface area contributed by atoms with Crippen LogP contribution in [0.2, 0.25) is 0 Å². The number of nitrogens with zero attached hydrogens (tertiary/aromatic N) is 1. The first-order chi connectivity index (χ1) is 15.6. The molecule has 0 saturated carbocycles. The number of hydrogen-bond acceptors (Lipinski definition) is 6. The standard InChI is InChI=1S/C24H39N3O6/c1-18(27(32)17-29)20(12-8-11-19-9-6-5-7-10-19)22(30)26-21(24(2,3)4)23(31)25-13-15-33-16-14-28/h5-7,9-10,17-18,20-21,28,32H,8,11-16H2,1-4H3,(H,25,31)(H,26,30). The molecule has 3 unspecified atom stereocenters. The van der Waals surface area contributed by atoms with Gasteiger partial charge in [-0.15, -0.1) is 0 Å². The van der Waals surface area contributed by atoms with Crippen LogP contribution < -0.4 is 10.6 Å². The van der Waals surface area contributed by atoms with E-state index in [9.17, 15) is 19.6 Å². The van der Waals surface area contributed by atoms with Gasteiger partial charge >= 0.3 is 0 Å². The van der Waals surface area contributed by atoms with Crippen LogP contribution in [0.3, 0.4) is 0 Å². The SMILES string of the molecule is CC(C(CCCc1ccccc1)C(=O)NC(C(=O)NCCOCCO)C(C)(C)C)N(O)C=O. The molecule has 9 heteroatoms. The summed E-state index contributed by atoms with van der Waals surface area (Å²) in [5.74, 6) is -1.45. The Balaban J connectivity index is 2.85. The summed E-state index contributed by atoms with van der Waals surface area (Å²) in [6.45, 7) is 7.72. The van der Waals surface area contributed by atoms with Crippen LogP contribution in [0.5, 0.6) is 0 Å². The molecular weight excluding hydrogens is 426 g/mol. The maximum atomic E-state index is 13.2. The van der Waals surface area contributed by atoms with Gasteiger partial charge in [0.05, 0.1) is 31.8 Å². The third kappa shape index (κ3) is 10.3. The second-order valence-corrected chi connectivity index (χ2v) is 9.14. The van der Waals surface area contributed by atoms with Crippen molar-refractivity contribution < 1.29 is 29.4 Å². The van der Waals surface area contributed by atoms with Crippen LogP contribution >= 0.6 is 0 Å². The zero-order valence-corrected chi connectivity index (χ0v) is 20.1. The summed E-state index contributed by atoms with van der Waals surface area (Å²) in [5.41, 5.74) is 0.559. The number of carbonyl (C=O) groups excluding carboxylic acids is 3. The second-order valence-electron chi connectivity index (χ2n) is 9.14. The molecule has 0 aromatic heterocycles. The van der Waals surface area contributed by atoms with Crippen LogP contribution in [0, 0.1) is 11.3 Å². The lowest BCUT2D eigenvalue weighted by Crippen LogP contribution is -2.56. The normalized spacial score (nSPS) is 14.1. The van der Waals surface area contributed by atoms with Gasteiger partial charge < -0.3 is 20.5 Å². The molecule has 9 nitrogen and oxygen atoms in total. The van der Waals surface area contributed by atoms with Gasteiger partial charge in [0.25, 0.3) is 0 Å². The van der Waals surface area contributed by atoms with Gasteiger partial charge in [-0.1, -0.05) is 51.1 Å². The summed E-state index contributed by atoms with van der Waals surface area (Å²) in [6, 6.07) is 8.27. The second kappa shape index (κ2) is 14.6. The largest absolute Gasteiger partial charge is 0.394 e. The molecule has 33 heavy (non-hydrogen) atoms. The molecule has 0 radical (unpaired) electrons. The van der Waals surface area contributed by atoms with Crippen LogP contribution in [-0.2, 0) is 25.5 Å². The van der Waals surface area contributed by atoms with Gasteiger partial charge in [0, 0.05) is 6.54 Å². The topological polar surface area (TPSA) is 128 Å². The molecule has 186 valence electrons. The van der Waals surface area contributed by atoms with E-state index in [1.54, 1.807) is 6.92 Å². The van der Waals surface area contributed by atoms with Crippen molar-refractivity contribution in [3.05, 3.63) is 35.9 Å². The summed E-state index contributed by atoms with van der Waals surface area (Å²) < 4.78 is 5.15. The summed E-state index contributed by atoms with van der Waals surface area (Å²) in [6.07, 6.45) is 2.14. The average molecular weight is 466 g/mol. The van der Waals surface area contributed by atoms with Crippen LogP contribution in [0.15, 0.2) is 30.3 Å².